The number of nitrogens with two attached hydrogens (primary N) is 2. The van der Waals surface area contributed by atoms with E-state index >= 15 is 0 Å². The smallest absolute Gasteiger partial charge is 0.321 e. The number of esters is 1. The van der Waals surface area contributed by atoms with Gasteiger partial charge in [-0.1, -0.05) is 23.7 Å². The summed E-state index contributed by atoms with van der Waals surface area (Å²) < 4.78 is 10.7. The van der Waals surface area contributed by atoms with Gasteiger partial charge in [-0.2, -0.15) is 4.98 Å². The average molecular weight is 486 g/mol. The minimum absolute atomic E-state index is 0.00890. The Bertz CT molecular complexity index is 1170. The molecule has 6 N–H and O–H groups in total. The molecule has 0 bridgehead atoms. The van der Waals surface area contributed by atoms with E-state index in [1.807, 2.05) is 6.92 Å². The molecule has 10 nitrogen and oxygen atoms in total. The van der Waals surface area contributed by atoms with Crippen LogP contribution in [0.5, 0.6) is 5.75 Å². The number of carboxylic acid groups (broad SMARTS) is 1. The van der Waals surface area contributed by atoms with Crippen LogP contribution in [-0.4, -0.2) is 39.7 Å². The maximum absolute atomic E-state index is 11.7. The van der Waals surface area contributed by atoms with E-state index in [1.165, 1.54) is 0 Å². The van der Waals surface area contributed by atoms with Crippen LogP contribution in [0.1, 0.15) is 18.9 Å². The number of rotatable bonds is 10. The third-order valence-corrected chi connectivity index (χ3v) is 4.83. The molecule has 0 spiro atoms. The second-order valence-corrected chi connectivity index (χ2v) is 7.64. The molecular weight excluding hydrogens is 462 g/mol. The largest absolute Gasteiger partial charge is 0.493 e. The second-order valence-electron chi connectivity index (χ2n) is 7.20. The van der Waals surface area contributed by atoms with Crippen molar-refractivity contribution in [2.75, 3.05) is 17.7 Å². The molecule has 2 aromatic carbocycles. The molecule has 34 heavy (non-hydrogen) atoms. The molecular formula is C23H24ClN5O5. The molecule has 1 atom stereocenters. The van der Waals surface area contributed by atoms with Gasteiger partial charge in [0, 0.05) is 22.3 Å². The summed E-state index contributed by atoms with van der Waals surface area (Å²) in [4.78, 5) is 30.9. The molecule has 3 aromatic rings. The summed E-state index contributed by atoms with van der Waals surface area (Å²) in [5.41, 5.74) is 13.9. The fraction of sp³-hybridized carbons (Fsp3) is 0.217. The summed E-state index contributed by atoms with van der Waals surface area (Å²) in [6.45, 7) is 2.36. The topological polar surface area (TPSA) is 163 Å². The molecule has 0 fully saturated rings. The highest BCUT2D eigenvalue weighted by Gasteiger charge is 2.17. The molecule has 0 aliphatic heterocycles. The van der Waals surface area contributed by atoms with E-state index in [9.17, 15) is 9.59 Å². The zero-order chi connectivity index (χ0) is 24.7. The number of carbonyl (C=O) groups is 2. The van der Waals surface area contributed by atoms with Gasteiger partial charge in [0.1, 0.15) is 24.2 Å². The molecule has 0 aliphatic carbocycles. The van der Waals surface area contributed by atoms with Crippen LogP contribution in [0.15, 0.2) is 48.5 Å². The first-order valence-electron chi connectivity index (χ1n) is 10.3. The Hall–Kier alpha value is -3.89. The number of nitrogens with one attached hydrogen (secondary N) is 1. The number of aromatic nitrogens is 2. The highest BCUT2D eigenvalue weighted by atomic mass is 35.5. The maximum Gasteiger partial charge on any atom is 0.321 e. The summed E-state index contributed by atoms with van der Waals surface area (Å²) >= 11 is 6.17. The van der Waals surface area contributed by atoms with Crippen molar-refractivity contribution in [3.63, 3.8) is 0 Å². The molecule has 3 rings (SSSR count). The van der Waals surface area contributed by atoms with Crippen LogP contribution < -0.4 is 21.5 Å². The quantitative estimate of drug-likeness (QED) is 0.313. The lowest BCUT2D eigenvalue weighted by atomic mass is 10.1. The van der Waals surface area contributed by atoms with Gasteiger partial charge >= 0.3 is 11.9 Å². The molecule has 178 valence electrons. The van der Waals surface area contributed by atoms with Gasteiger partial charge in [0.05, 0.1) is 18.7 Å². The van der Waals surface area contributed by atoms with Gasteiger partial charge in [-0.3, -0.25) is 9.59 Å². The van der Waals surface area contributed by atoms with Crippen molar-refractivity contribution in [2.24, 2.45) is 5.73 Å². The van der Waals surface area contributed by atoms with E-state index < -0.39 is 24.4 Å². The predicted molar refractivity (Wildman–Crippen MR) is 128 cm³/mol. The number of hydrogen-bond acceptors (Lipinski definition) is 9. The Labute approximate surface area is 200 Å². The monoisotopic (exact) mass is 485 g/mol. The van der Waals surface area contributed by atoms with Gasteiger partial charge in [-0.15, -0.1) is 0 Å². The molecule has 1 aromatic heterocycles. The first-order valence-corrected chi connectivity index (χ1v) is 10.7. The van der Waals surface area contributed by atoms with Gasteiger partial charge in [-0.25, -0.2) is 4.98 Å². The molecule has 0 amide bonds. The number of nitrogens with zero attached hydrogens (tertiary/aromatic N) is 2. The number of carboxylic acids is 1. The van der Waals surface area contributed by atoms with Gasteiger partial charge in [0.25, 0.3) is 0 Å². The summed E-state index contributed by atoms with van der Waals surface area (Å²) in [5.74, 6) is -0.782. The van der Waals surface area contributed by atoms with Crippen LogP contribution in [0.2, 0.25) is 5.02 Å². The van der Waals surface area contributed by atoms with Gasteiger partial charge in [0.15, 0.2) is 0 Å². The predicted octanol–water partition coefficient (Wildman–Crippen LogP) is 3.37. The number of anilines is 3. The van der Waals surface area contributed by atoms with E-state index in [0.717, 1.165) is 0 Å². The van der Waals surface area contributed by atoms with Gasteiger partial charge < -0.3 is 31.4 Å². The van der Waals surface area contributed by atoms with Crippen molar-refractivity contribution in [1.29, 1.82) is 0 Å². The van der Waals surface area contributed by atoms with Crippen LogP contribution in [0.3, 0.4) is 0 Å². The van der Waals surface area contributed by atoms with Crippen LogP contribution in [0.4, 0.5) is 17.5 Å². The Morgan fingerprint density at radius 3 is 2.56 bits per heavy atom. The zero-order valence-electron chi connectivity index (χ0n) is 18.3. The Morgan fingerprint density at radius 2 is 1.88 bits per heavy atom. The van der Waals surface area contributed by atoms with E-state index in [4.69, 9.17) is 37.6 Å². The summed E-state index contributed by atoms with van der Waals surface area (Å²) in [7, 11) is 0. The van der Waals surface area contributed by atoms with Crippen LogP contribution in [-0.2, 0) is 20.9 Å². The van der Waals surface area contributed by atoms with Gasteiger partial charge in [-0.05, 0) is 42.8 Å². The number of hydrogen-bond donors (Lipinski definition) is 4. The van der Waals surface area contributed by atoms with E-state index in [0.29, 0.717) is 45.7 Å². The summed E-state index contributed by atoms with van der Waals surface area (Å²) in [6.07, 6.45) is -0.399. The minimum atomic E-state index is -1.29. The molecule has 0 saturated carbocycles. The fourth-order valence-electron chi connectivity index (χ4n) is 2.97. The first kappa shape index (κ1) is 24.7. The van der Waals surface area contributed by atoms with E-state index in [1.54, 1.807) is 48.5 Å². The highest BCUT2D eigenvalue weighted by molar-refractivity contribution is 6.31. The third-order valence-electron chi connectivity index (χ3n) is 4.59. The van der Waals surface area contributed by atoms with Crippen molar-refractivity contribution in [1.82, 2.24) is 9.97 Å². The summed E-state index contributed by atoms with van der Waals surface area (Å²) in [6, 6.07) is 12.7. The highest BCUT2D eigenvalue weighted by Crippen LogP contribution is 2.33. The van der Waals surface area contributed by atoms with Crippen LogP contribution >= 0.6 is 11.6 Å². The van der Waals surface area contributed by atoms with Crippen LogP contribution in [0.25, 0.3) is 11.3 Å². The molecule has 0 aliphatic rings. The number of benzene rings is 2. The average Bonchev–Trinajstić information content (AvgIpc) is 2.79. The number of nitrogen functional groups attached to an aromatic ring is 1. The van der Waals surface area contributed by atoms with Crippen molar-refractivity contribution in [3.05, 3.63) is 59.1 Å². The zero-order valence-corrected chi connectivity index (χ0v) is 19.1. The van der Waals surface area contributed by atoms with E-state index in [-0.39, 0.29) is 12.6 Å². The van der Waals surface area contributed by atoms with Crippen molar-refractivity contribution in [2.45, 2.75) is 26.0 Å². The molecule has 1 heterocycles. The van der Waals surface area contributed by atoms with Crippen molar-refractivity contribution < 1.29 is 24.2 Å². The Balaban J connectivity index is 1.70. The third kappa shape index (κ3) is 6.80. The molecule has 11 heteroatoms. The number of aliphatic carboxylic acids is 1. The number of ether oxygens (including phenoxy) is 2. The number of halogens is 1. The van der Waals surface area contributed by atoms with Crippen LogP contribution in [0, 0.1) is 0 Å². The first-order chi connectivity index (χ1) is 16.2. The lowest BCUT2D eigenvalue weighted by Crippen LogP contribution is -2.33. The Morgan fingerprint density at radius 1 is 1.15 bits per heavy atom. The van der Waals surface area contributed by atoms with Gasteiger partial charge in [0.2, 0.25) is 5.95 Å². The summed E-state index contributed by atoms with van der Waals surface area (Å²) in [5, 5.41) is 12.4. The number of carbonyl (C=O) groups excluding carboxylic acids is 1. The second kappa shape index (κ2) is 11.3. The minimum Gasteiger partial charge on any atom is -0.493 e. The van der Waals surface area contributed by atoms with Crippen molar-refractivity contribution >= 4 is 41.0 Å². The molecule has 0 unspecified atom stereocenters. The lowest BCUT2D eigenvalue weighted by Gasteiger charge is -2.13. The molecule has 0 saturated heterocycles. The normalized spacial score (nSPS) is 11.5. The molecule has 0 radical (unpaired) electrons. The Kier molecular flexibility index (Phi) is 8.23. The standard InChI is InChI=1S/C23H24ClN5O5/c1-2-33-19-8-5-14(24)9-16(19)18-11-20(29-23(26)28-18)27-15-6-3-13(4-7-15)12-34-21(30)10-17(25)22(31)32/h3-9,11,17H,2,10,12,25H2,1H3,(H,31,32)(H3,26,27,28,29)/t17-/m0/s1. The lowest BCUT2D eigenvalue weighted by molar-refractivity contribution is -0.149. The fourth-order valence-corrected chi connectivity index (χ4v) is 3.15. The SMILES string of the molecule is CCOc1ccc(Cl)cc1-c1cc(Nc2ccc(COC(=O)C[C@H](N)C(=O)O)cc2)nc(N)n1. The van der Waals surface area contributed by atoms with E-state index in [2.05, 4.69) is 15.3 Å². The maximum atomic E-state index is 11.7. The van der Waals surface area contributed by atoms with Crippen molar-refractivity contribution in [3.8, 4) is 17.0 Å².